The Kier molecular flexibility index (Phi) is 3.96. The van der Waals surface area contributed by atoms with Crippen molar-refractivity contribution >= 4 is 10.9 Å². The highest BCUT2D eigenvalue weighted by Crippen LogP contribution is 2.24. The van der Waals surface area contributed by atoms with Crippen LogP contribution in [0.3, 0.4) is 0 Å². The molecule has 1 aliphatic rings. The molecule has 21 heavy (non-hydrogen) atoms. The molecule has 3 heteroatoms. The van der Waals surface area contributed by atoms with Crippen LogP contribution in [0, 0.1) is 6.92 Å². The topological polar surface area (TPSA) is 36.4 Å². The van der Waals surface area contributed by atoms with Crippen molar-refractivity contribution in [2.24, 2.45) is 0 Å². The van der Waals surface area contributed by atoms with Crippen molar-refractivity contribution in [3.63, 3.8) is 0 Å². The van der Waals surface area contributed by atoms with E-state index in [2.05, 4.69) is 41.1 Å². The maximum atomic E-state index is 10.2. The van der Waals surface area contributed by atoms with E-state index in [4.69, 9.17) is 0 Å². The van der Waals surface area contributed by atoms with Crippen LogP contribution in [0.2, 0.25) is 0 Å². The third kappa shape index (κ3) is 3.42. The molecule has 0 aliphatic carbocycles. The summed E-state index contributed by atoms with van der Waals surface area (Å²) in [7, 11) is 0. The summed E-state index contributed by atoms with van der Waals surface area (Å²) in [5, 5.41) is 11.5. The maximum absolute atomic E-state index is 10.2. The molecule has 1 aromatic heterocycles. The number of para-hydroxylation sites is 1. The fraction of sp³-hybridized carbons (Fsp3) is 0.500. The number of likely N-dealkylation sites (tertiary alicyclic amines) is 1. The fourth-order valence-corrected chi connectivity index (χ4v) is 3.24. The normalized spacial score (nSPS) is 24.1. The molecule has 3 rings (SSSR count). The lowest BCUT2D eigenvalue weighted by Gasteiger charge is -2.23. The molecular weight excluding hydrogens is 260 g/mol. The fourth-order valence-electron chi connectivity index (χ4n) is 3.24. The number of hydrogen-bond donors (Lipinski definition) is 1. The zero-order valence-electron chi connectivity index (χ0n) is 13.0. The van der Waals surface area contributed by atoms with Crippen molar-refractivity contribution in [1.82, 2.24) is 9.88 Å². The summed E-state index contributed by atoms with van der Waals surface area (Å²) in [6.45, 7) is 6.99. The van der Waals surface area contributed by atoms with Crippen molar-refractivity contribution in [3.05, 3.63) is 41.6 Å². The number of pyridine rings is 1. The average Bonchev–Trinajstić information content (AvgIpc) is 2.60. The Hall–Kier alpha value is -1.45. The van der Waals surface area contributed by atoms with Crippen molar-refractivity contribution in [2.75, 3.05) is 13.1 Å². The number of hydrogen-bond acceptors (Lipinski definition) is 3. The maximum Gasteiger partial charge on any atom is 0.0708 e. The number of benzene rings is 1. The first-order chi connectivity index (χ1) is 10.0. The Morgan fingerprint density at radius 1 is 1.24 bits per heavy atom. The summed E-state index contributed by atoms with van der Waals surface area (Å²) in [6.07, 6.45) is 2.82. The predicted molar refractivity (Wildman–Crippen MR) is 86.2 cm³/mol. The molecule has 1 N–H and O–H groups in total. The van der Waals surface area contributed by atoms with Gasteiger partial charge in [-0.25, -0.2) is 0 Å². The van der Waals surface area contributed by atoms with Gasteiger partial charge in [0.05, 0.1) is 11.1 Å². The Morgan fingerprint density at radius 3 is 2.90 bits per heavy atom. The molecule has 2 heterocycles. The number of aryl methyl sites for hydroxylation is 1. The van der Waals surface area contributed by atoms with Gasteiger partial charge in [-0.15, -0.1) is 0 Å². The van der Waals surface area contributed by atoms with Crippen molar-refractivity contribution in [3.8, 4) is 0 Å². The molecule has 1 aliphatic heterocycles. The second-order valence-corrected chi connectivity index (χ2v) is 6.57. The molecule has 1 fully saturated rings. The van der Waals surface area contributed by atoms with Crippen LogP contribution >= 0.6 is 0 Å². The van der Waals surface area contributed by atoms with Gasteiger partial charge in [-0.1, -0.05) is 18.2 Å². The first-order valence-corrected chi connectivity index (χ1v) is 7.83. The highest BCUT2D eigenvalue weighted by molar-refractivity contribution is 5.82. The Morgan fingerprint density at radius 2 is 2.05 bits per heavy atom. The van der Waals surface area contributed by atoms with Gasteiger partial charge in [0.15, 0.2) is 0 Å². The Balaban J connectivity index is 1.84. The second-order valence-electron chi connectivity index (χ2n) is 6.57. The molecule has 3 nitrogen and oxygen atoms in total. The average molecular weight is 284 g/mol. The van der Waals surface area contributed by atoms with Gasteiger partial charge in [0.25, 0.3) is 0 Å². The van der Waals surface area contributed by atoms with Gasteiger partial charge in [0.1, 0.15) is 0 Å². The Bertz CT molecular complexity index is 636. The molecule has 1 unspecified atom stereocenters. The summed E-state index contributed by atoms with van der Waals surface area (Å²) < 4.78 is 0. The number of aliphatic hydroxyl groups is 1. The molecule has 112 valence electrons. The van der Waals surface area contributed by atoms with Crippen LogP contribution in [-0.2, 0) is 6.54 Å². The second kappa shape index (κ2) is 5.74. The van der Waals surface area contributed by atoms with E-state index < -0.39 is 5.60 Å². The first-order valence-electron chi connectivity index (χ1n) is 7.83. The minimum absolute atomic E-state index is 0.495. The van der Waals surface area contributed by atoms with Crippen LogP contribution in [0.5, 0.6) is 0 Å². The quantitative estimate of drug-likeness (QED) is 0.919. The lowest BCUT2D eigenvalue weighted by Crippen LogP contribution is -2.28. The molecule has 0 radical (unpaired) electrons. The largest absolute Gasteiger partial charge is 0.390 e. The van der Waals surface area contributed by atoms with E-state index in [9.17, 15) is 5.11 Å². The van der Waals surface area contributed by atoms with Gasteiger partial charge in [0.2, 0.25) is 0 Å². The monoisotopic (exact) mass is 284 g/mol. The SMILES string of the molecule is Cc1cc(CN2CCCC(C)(O)CC2)c2ccccc2n1. The van der Waals surface area contributed by atoms with Crippen LogP contribution in [-0.4, -0.2) is 33.7 Å². The minimum atomic E-state index is -0.495. The zero-order chi connectivity index (χ0) is 14.9. The van der Waals surface area contributed by atoms with E-state index in [0.717, 1.165) is 50.1 Å². The van der Waals surface area contributed by atoms with Crippen LogP contribution < -0.4 is 0 Å². The van der Waals surface area contributed by atoms with Gasteiger partial charge >= 0.3 is 0 Å². The van der Waals surface area contributed by atoms with Crippen molar-refractivity contribution in [2.45, 2.75) is 45.3 Å². The summed E-state index contributed by atoms with van der Waals surface area (Å²) in [6, 6.07) is 10.6. The summed E-state index contributed by atoms with van der Waals surface area (Å²) in [4.78, 5) is 7.07. The van der Waals surface area contributed by atoms with E-state index in [1.807, 2.05) is 13.0 Å². The summed E-state index contributed by atoms with van der Waals surface area (Å²) >= 11 is 0. The van der Waals surface area contributed by atoms with Gasteiger partial charge in [0, 0.05) is 24.2 Å². The minimum Gasteiger partial charge on any atom is -0.390 e. The van der Waals surface area contributed by atoms with Crippen LogP contribution in [0.1, 0.15) is 37.4 Å². The molecule has 0 saturated carbocycles. The van der Waals surface area contributed by atoms with Crippen molar-refractivity contribution in [1.29, 1.82) is 0 Å². The molecular formula is C18H24N2O. The lowest BCUT2D eigenvalue weighted by atomic mass is 9.98. The third-order valence-electron chi connectivity index (χ3n) is 4.48. The van der Waals surface area contributed by atoms with Gasteiger partial charge in [-0.2, -0.15) is 0 Å². The van der Waals surface area contributed by atoms with Gasteiger partial charge < -0.3 is 5.11 Å². The standard InChI is InChI=1S/C18H24N2O/c1-14-12-15(16-6-3-4-7-17(16)19-14)13-20-10-5-8-18(2,21)9-11-20/h3-4,6-7,12,21H,5,8-11,13H2,1-2H3. The third-order valence-corrected chi connectivity index (χ3v) is 4.48. The number of rotatable bonds is 2. The molecule has 0 spiro atoms. The molecule has 2 aromatic rings. The molecule has 0 amide bonds. The summed E-state index contributed by atoms with van der Waals surface area (Å²) in [5.41, 5.74) is 3.00. The number of aromatic nitrogens is 1. The van der Waals surface area contributed by atoms with E-state index in [0.29, 0.717) is 0 Å². The molecule has 1 atom stereocenters. The molecule has 1 saturated heterocycles. The predicted octanol–water partition coefficient (Wildman–Crippen LogP) is 3.28. The van der Waals surface area contributed by atoms with Gasteiger partial charge in [-0.3, -0.25) is 9.88 Å². The first kappa shape index (κ1) is 14.5. The zero-order valence-corrected chi connectivity index (χ0v) is 13.0. The van der Waals surface area contributed by atoms with E-state index in [-0.39, 0.29) is 0 Å². The smallest absolute Gasteiger partial charge is 0.0708 e. The number of nitrogens with zero attached hydrogens (tertiary/aromatic N) is 2. The Labute approximate surface area is 126 Å². The van der Waals surface area contributed by atoms with Crippen LogP contribution in [0.15, 0.2) is 30.3 Å². The number of fused-ring (bicyclic) bond motifs is 1. The molecule has 1 aromatic carbocycles. The van der Waals surface area contributed by atoms with E-state index in [1.165, 1.54) is 10.9 Å². The van der Waals surface area contributed by atoms with Crippen LogP contribution in [0.4, 0.5) is 0 Å². The van der Waals surface area contributed by atoms with E-state index in [1.54, 1.807) is 0 Å². The van der Waals surface area contributed by atoms with E-state index >= 15 is 0 Å². The highest BCUT2D eigenvalue weighted by atomic mass is 16.3. The van der Waals surface area contributed by atoms with Crippen molar-refractivity contribution < 1.29 is 5.11 Å². The van der Waals surface area contributed by atoms with Crippen LogP contribution in [0.25, 0.3) is 10.9 Å². The lowest BCUT2D eigenvalue weighted by molar-refractivity contribution is 0.0444. The van der Waals surface area contributed by atoms with Gasteiger partial charge in [-0.05, 0) is 57.4 Å². The summed E-state index contributed by atoms with van der Waals surface area (Å²) in [5.74, 6) is 0. The molecule has 0 bridgehead atoms. The highest BCUT2D eigenvalue weighted by Gasteiger charge is 2.25.